The van der Waals surface area contributed by atoms with E-state index in [4.69, 9.17) is 13.6 Å². The fraction of sp³-hybridized carbons (Fsp3) is 0.143. The minimum Gasteiger partial charge on any atom is -0.444 e. The van der Waals surface area contributed by atoms with Gasteiger partial charge in [0, 0.05) is 0 Å². The zero-order valence-electron chi connectivity index (χ0n) is 17.0. The molecule has 6 nitrogen and oxygen atoms in total. The standard InChI is InChI=1S/C21H24N3O3P3/c1-16-7-4-10-19(13-16)25-28-22-29(26-20-11-5-8-17(2)14-20)24-30(23-28)27-21-12-6-9-18(3)15-21/h4-15,22-24H,1-3H3. The molecule has 0 saturated carbocycles. The van der Waals surface area contributed by atoms with Gasteiger partial charge in [-0.15, -0.1) is 0 Å². The Bertz CT molecular complexity index is 875. The van der Waals surface area contributed by atoms with Crippen LogP contribution in [0.15, 0.2) is 72.8 Å². The van der Waals surface area contributed by atoms with Gasteiger partial charge in [-0.25, -0.2) is 0 Å². The van der Waals surface area contributed by atoms with Gasteiger partial charge in [0.1, 0.15) is 17.2 Å². The van der Waals surface area contributed by atoms with E-state index in [0.29, 0.717) is 0 Å². The Hall–Kier alpha value is -1.77. The molecule has 3 aromatic rings. The number of nitrogens with one attached hydrogen (secondary N) is 3. The highest BCUT2D eigenvalue weighted by atomic mass is 31.3. The van der Waals surface area contributed by atoms with E-state index >= 15 is 0 Å². The van der Waals surface area contributed by atoms with Gasteiger partial charge < -0.3 is 13.6 Å². The van der Waals surface area contributed by atoms with Crippen LogP contribution in [0.2, 0.25) is 0 Å². The Balaban J connectivity index is 1.50. The molecule has 3 N–H and O–H groups in total. The molecule has 30 heavy (non-hydrogen) atoms. The highest BCUT2D eigenvalue weighted by Gasteiger charge is 2.34. The highest BCUT2D eigenvalue weighted by molar-refractivity contribution is 7.79. The summed E-state index contributed by atoms with van der Waals surface area (Å²) >= 11 is 0. The summed E-state index contributed by atoms with van der Waals surface area (Å²) in [5, 5.41) is 0. The molecule has 0 bridgehead atoms. The lowest BCUT2D eigenvalue weighted by Gasteiger charge is -2.34. The fourth-order valence-corrected chi connectivity index (χ4v) is 8.45. The zero-order chi connectivity index (χ0) is 20.9. The Kier molecular flexibility index (Phi) is 7.17. The first-order valence-electron chi connectivity index (χ1n) is 9.47. The van der Waals surface area contributed by atoms with E-state index in [-0.39, 0.29) is 0 Å². The Morgan fingerprint density at radius 1 is 0.500 bits per heavy atom. The summed E-state index contributed by atoms with van der Waals surface area (Å²) < 4.78 is 18.6. The van der Waals surface area contributed by atoms with Crippen LogP contribution in [0.1, 0.15) is 16.7 Å². The summed E-state index contributed by atoms with van der Waals surface area (Å²) in [5.41, 5.74) is 3.44. The van der Waals surface area contributed by atoms with Crippen molar-refractivity contribution in [1.29, 1.82) is 0 Å². The third kappa shape index (κ3) is 6.12. The largest absolute Gasteiger partial charge is 0.444 e. The molecule has 0 atom stereocenters. The van der Waals surface area contributed by atoms with Gasteiger partial charge >= 0.3 is 0 Å². The lowest BCUT2D eigenvalue weighted by Crippen LogP contribution is -2.32. The van der Waals surface area contributed by atoms with Crippen LogP contribution in [0.5, 0.6) is 17.2 Å². The molecule has 0 amide bonds. The zero-order valence-corrected chi connectivity index (χ0v) is 19.7. The Morgan fingerprint density at radius 2 is 0.800 bits per heavy atom. The second kappa shape index (κ2) is 10.0. The fourth-order valence-electron chi connectivity index (χ4n) is 2.77. The van der Waals surface area contributed by atoms with E-state index in [9.17, 15) is 0 Å². The number of aryl methyl sites for hydroxylation is 3. The molecule has 0 radical (unpaired) electrons. The summed E-state index contributed by atoms with van der Waals surface area (Å²) in [5.74, 6) is 2.41. The van der Waals surface area contributed by atoms with Gasteiger partial charge in [-0.2, -0.15) is 14.6 Å². The van der Waals surface area contributed by atoms with Crippen LogP contribution in [0.3, 0.4) is 0 Å². The molecular weight excluding hydrogens is 435 g/mol. The van der Waals surface area contributed by atoms with Gasteiger partial charge in [0.2, 0.25) is 0 Å². The molecule has 0 aliphatic carbocycles. The van der Waals surface area contributed by atoms with E-state index in [2.05, 4.69) is 14.6 Å². The summed E-state index contributed by atoms with van der Waals surface area (Å²) in [7, 11) is -3.60. The lowest BCUT2D eigenvalue weighted by atomic mass is 10.2. The van der Waals surface area contributed by atoms with Gasteiger partial charge in [-0.05, 0) is 73.9 Å². The van der Waals surface area contributed by atoms with Gasteiger partial charge in [0.05, 0.1) is 0 Å². The van der Waals surface area contributed by atoms with Crippen LogP contribution < -0.4 is 28.1 Å². The Morgan fingerprint density at radius 3 is 1.07 bits per heavy atom. The number of benzene rings is 3. The van der Waals surface area contributed by atoms with E-state index in [1.165, 1.54) is 0 Å². The smallest absolute Gasteiger partial charge is 0.257 e. The predicted molar refractivity (Wildman–Crippen MR) is 126 cm³/mol. The van der Waals surface area contributed by atoms with Crippen LogP contribution in [0, 0.1) is 20.8 Å². The normalized spacial score (nSPS) is 21.1. The first-order chi connectivity index (χ1) is 14.5. The van der Waals surface area contributed by atoms with Crippen molar-refractivity contribution in [2.45, 2.75) is 20.8 Å². The number of hydrogen-bond acceptors (Lipinski definition) is 6. The molecule has 1 aliphatic rings. The van der Waals surface area contributed by atoms with Crippen molar-refractivity contribution in [1.82, 2.24) is 14.6 Å². The lowest BCUT2D eigenvalue weighted by molar-refractivity contribution is 0.563. The number of rotatable bonds is 6. The van der Waals surface area contributed by atoms with Crippen molar-refractivity contribution >= 4 is 25.3 Å². The molecule has 1 fully saturated rings. The SMILES string of the molecule is Cc1cccc(OP2NP(Oc3cccc(C)c3)NP(Oc3cccc(C)c3)N2)c1. The Labute approximate surface area is 181 Å². The molecule has 156 valence electrons. The van der Waals surface area contributed by atoms with Gasteiger partial charge in [0.15, 0.2) is 0 Å². The van der Waals surface area contributed by atoms with E-state index in [0.717, 1.165) is 33.9 Å². The molecule has 9 heteroatoms. The molecule has 3 aromatic carbocycles. The molecule has 0 unspecified atom stereocenters. The maximum Gasteiger partial charge on any atom is 0.257 e. The third-order valence-electron chi connectivity index (χ3n) is 4.10. The minimum absolute atomic E-state index is 0.805. The number of hydrogen-bond donors (Lipinski definition) is 3. The summed E-state index contributed by atoms with van der Waals surface area (Å²) in [4.78, 5) is 10.2. The topological polar surface area (TPSA) is 63.8 Å². The van der Waals surface area contributed by atoms with E-state index in [1.807, 2.05) is 93.6 Å². The molecular formula is C21H24N3O3P3. The molecule has 0 spiro atoms. The van der Waals surface area contributed by atoms with Crippen LogP contribution >= 0.6 is 25.3 Å². The molecule has 0 aromatic heterocycles. The van der Waals surface area contributed by atoms with Crippen LogP contribution in [-0.2, 0) is 0 Å². The van der Waals surface area contributed by atoms with E-state index in [1.54, 1.807) is 0 Å². The minimum atomic E-state index is -1.20. The summed E-state index contributed by atoms with van der Waals surface area (Å²) in [6.45, 7) is 6.14. The van der Waals surface area contributed by atoms with Crippen LogP contribution in [0.4, 0.5) is 0 Å². The van der Waals surface area contributed by atoms with Gasteiger partial charge in [-0.3, -0.25) is 0 Å². The maximum absolute atomic E-state index is 6.19. The second-order valence-electron chi connectivity index (χ2n) is 6.91. The average molecular weight is 459 g/mol. The third-order valence-corrected chi connectivity index (χ3v) is 9.64. The van der Waals surface area contributed by atoms with Crippen LogP contribution in [-0.4, -0.2) is 0 Å². The predicted octanol–water partition coefficient (Wildman–Crippen LogP) is 6.61. The monoisotopic (exact) mass is 459 g/mol. The van der Waals surface area contributed by atoms with Crippen LogP contribution in [0.25, 0.3) is 0 Å². The van der Waals surface area contributed by atoms with Gasteiger partial charge in [0.25, 0.3) is 25.3 Å². The average Bonchev–Trinajstić information content (AvgIpc) is 2.68. The van der Waals surface area contributed by atoms with Crippen molar-refractivity contribution < 1.29 is 13.6 Å². The van der Waals surface area contributed by atoms with Gasteiger partial charge in [-0.1, -0.05) is 36.4 Å². The van der Waals surface area contributed by atoms with Crippen molar-refractivity contribution in [3.8, 4) is 17.2 Å². The quantitative estimate of drug-likeness (QED) is 0.361. The van der Waals surface area contributed by atoms with Crippen molar-refractivity contribution in [3.63, 3.8) is 0 Å². The molecule has 4 rings (SSSR count). The summed E-state index contributed by atoms with van der Waals surface area (Å²) in [6.07, 6.45) is 0. The molecule has 1 heterocycles. The maximum atomic E-state index is 6.19. The van der Waals surface area contributed by atoms with Crippen molar-refractivity contribution in [3.05, 3.63) is 89.5 Å². The van der Waals surface area contributed by atoms with E-state index < -0.39 is 25.3 Å². The first kappa shape index (κ1) is 21.5. The molecule has 1 saturated heterocycles. The van der Waals surface area contributed by atoms with Crippen molar-refractivity contribution in [2.75, 3.05) is 0 Å². The second-order valence-corrected chi connectivity index (χ2v) is 11.6. The highest BCUT2D eigenvalue weighted by Crippen LogP contribution is 2.56. The summed E-state index contributed by atoms with van der Waals surface area (Å²) in [6, 6.07) is 24.0. The van der Waals surface area contributed by atoms with Crippen molar-refractivity contribution in [2.24, 2.45) is 0 Å². The first-order valence-corrected chi connectivity index (χ1v) is 13.2. The molecule has 1 aliphatic heterocycles.